The van der Waals surface area contributed by atoms with E-state index in [-0.39, 0.29) is 16.4 Å². The van der Waals surface area contributed by atoms with Crippen LogP contribution in [0.2, 0.25) is 0 Å². The molecular weight excluding hydrogens is 325 g/mol. The molecule has 21 heavy (non-hydrogen) atoms. The van der Waals surface area contributed by atoms with Gasteiger partial charge in [-0.15, -0.1) is 11.3 Å². The molecule has 0 aliphatic heterocycles. The molecule has 1 atom stereocenters. The molecule has 0 aliphatic carbocycles. The second-order valence-corrected chi connectivity index (χ2v) is 8.80. The van der Waals surface area contributed by atoms with E-state index in [4.69, 9.17) is 0 Å². The van der Waals surface area contributed by atoms with Crippen molar-refractivity contribution >= 4 is 21.2 Å². The van der Waals surface area contributed by atoms with Gasteiger partial charge in [-0.1, -0.05) is 13.8 Å². The van der Waals surface area contributed by atoms with Gasteiger partial charge < -0.3 is 5.32 Å². The average molecular weight is 344 g/mol. The summed E-state index contributed by atoms with van der Waals surface area (Å²) in [6.07, 6.45) is -3.59. The minimum absolute atomic E-state index is 0.0219. The first kappa shape index (κ1) is 18.4. The minimum Gasteiger partial charge on any atom is -0.312 e. The molecule has 1 rings (SSSR count). The second-order valence-electron chi connectivity index (χ2n) is 5.32. The number of alkyl halides is 3. The van der Waals surface area contributed by atoms with Gasteiger partial charge in [-0.2, -0.15) is 13.2 Å². The first-order valence-corrected chi connectivity index (χ1v) is 9.16. The van der Waals surface area contributed by atoms with Crippen LogP contribution in [0.4, 0.5) is 13.2 Å². The maximum atomic E-state index is 13.0. The molecular formula is C12H19F3N2O2S2. The number of aromatic nitrogens is 1. The van der Waals surface area contributed by atoms with Crippen molar-refractivity contribution < 1.29 is 21.6 Å². The Bertz CT molecular complexity index is 580. The van der Waals surface area contributed by atoms with E-state index in [1.807, 2.05) is 13.8 Å². The summed E-state index contributed by atoms with van der Waals surface area (Å²) in [4.78, 5) is 3.54. The van der Waals surface area contributed by atoms with Gasteiger partial charge in [0.15, 0.2) is 15.5 Å². The number of rotatable bonds is 6. The summed E-state index contributed by atoms with van der Waals surface area (Å²) >= 11 is 0.800. The SMILES string of the molecule is CC(C)CNCc1sc(C(C)S(C)(=O)=O)nc1C(F)(F)F. The molecule has 1 heterocycles. The number of sulfone groups is 1. The van der Waals surface area contributed by atoms with E-state index in [1.54, 1.807) is 0 Å². The van der Waals surface area contributed by atoms with Crippen LogP contribution in [0.1, 0.15) is 41.6 Å². The molecule has 9 heteroatoms. The lowest BCUT2D eigenvalue weighted by Crippen LogP contribution is -2.20. The van der Waals surface area contributed by atoms with Crippen LogP contribution in [0.25, 0.3) is 0 Å². The standard InChI is InChI=1S/C12H19F3N2O2S2/c1-7(2)5-16-6-9-10(12(13,14)15)17-11(20-9)8(3)21(4,18)19/h7-8,16H,5-6H2,1-4H3. The smallest absolute Gasteiger partial charge is 0.312 e. The number of hydrogen-bond donors (Lipinski definition) is 1. The Balaban J connectivity index is 3.08. The topological polar surface area (TPSA) is 59.1 Å². The first-order valence-electron chi connectivity index (χ1n) is 6.39. The van der Waals surface area contributed by atoms with Gasteiger partial charge in [-0.3, -0.25) is 0 Å². The van der Waals surface area contributed by atoms with E-state index in [2.05, 4.69) is 10.3 Å². The molecule has 0 fully saturated rings. The second kappa shape index (κ2) is 6.62. The Kier molecular flexibility index (Phi) is 5.79. The summed E-state index contributed by atoms with van der Waals surface area (Å²) in [7, 11) is -3.48. The maximum absolute atomic E-state index is 13.0. The fourth-order valence-corrected chi connectivity index (χ4v) is 3.62. The molecule has 1 aromatic rings. The Morgan fingerprint density at radius 2 is 1.86 bits per heavy atom. The molecule has 0 saturated heterocycles. The lowest BCUT2D eigenvalue weighted by Gasteiger charge is -2.08. The van der Waals surface area contributed by atoms with Gasteiger partial charge in [0.05, 0.1) is 4.88 Å². The van der Waals surface area contributed by atoms with Crippen LogP contribution in [0, 0.1) is 5.92 Å². The van der Waals surface area contributed by atoms with Crippen LogP contribution in [0.5, 0.6) is 0 Å². The molecule has 1 N–H and O–H groups in total. The van der Waals surface area contributed by atoms with Crippen LogP contribution in [-0.4, -0.2) is 26.2 Å². The Labute approximate surface area is 126 Å². The molecule has 0 spiro atoms. The van der Waals surface area contributed by atoms with Crippen molar-refractivity contribution in [2.75, 3.05) is 12.8 Å². The molecule has 0 bridgehead atoms. The normalized spacial score (nSPS) is 14.7. The van der Waals surface area contributed by atoms with Gasteiger partial charge in [0.2, 0.25) is 0 Å². The third kappa shape index (κ3) is 5.23. The molecule has 1 unspecified atom stereocenters. The Hall–Kier alpha value is -0.670. The summed E-state index contributed by atoms with van der Waals surface area (Å²) in [5.74, 6) is 0.307. The van der Waals surface area contributed by atoms with Crippen molar-refractivity contribution in [2.45, 2.75) is 38.7 Å². The van der Waals surface area contributed by atoms with Crippen molar-refractivity contribution in [3.8, 4) is 0 Å². The summed E-state index contributed by atoms with van der Waals surface area (Å²) in [6.45, 7) is 5.84. The lowest BCUT2D eigenvalue weighted by atomic mass is 10.2. The zero-order valence-corrected chi connectivity index (χ0v) is 13.9. The number of thiazole rings is 1. The summed E-state index contributed by atoms with van der Waals surface area (Å²) < 4.78 is 61.9. The molecule has 1 aromatic heterocycles. The molecule has 0 radical (unpaired) electrons. The molecule has 0 aliphatic rings. The zero-order valence-electron chi connectivity index (χ0n) is 12.3. The highest BCUT2D eigenvalue weighted by Gasteiger charge is 2.38. The highest BCUT2D eigenvalue weighted by Crippen LogP contribution is 2.37. The monoisotopic (exact) mass is 344 g/mol. The van der Waals surface area contributed by atoms with Crippen LogP contribution >= 0.6 is 11.3 Å². The largest absolute Gasteiger partial charge is 0.434 e. The predicted molar refractivity (Wildman–Crippen MR) is 76.9 cm³/mol. The highest BCUT2D eigenvalue weighted by atomic mass is 32.2. The Morgan fingerprint density at radius 3 is 2.29 bits per heavy atom. The molecule has 122 valence electrons. The van der Waals surface area contributed by atoms with Gasteiger partial charge >= 0.3 is 6.18 Å². The van der Waals surface area contributed by atoms with E-state index in [1.165, 1.54) is 6.92 Å². The van der Waals surface area contributed by atoms with Crippen molar-refractivity contribution in [2.24, 2.45) is 5.92 Å². The Morgan fingerprint density at radius 1 is 1.29 bits per heavy atom. The van der Waals surface area contributed by atoms with Crippen LogP contribution in [-0.2, 0) is 22.6 Å². The fraction of sp³-hybridized carbons (Fsp3) is 0.750. The number of nitrogens with one attached hydrogen (secondary N) is 1. The maximum Gasteiger partial charge on any atom is 0.434 e. The molecule has 0 saturated carbocycles. The minimum atomic E-state index is -4.58. The average Bonchev–Trinajstić information content (AvgIpc) is 2.70. The van der Waals surface area contributed by atoms with Gasteiger partial charge in [0.25, 0.3) is 0 Å². The van der Waals surface area contributed by atoms with E-state index in [9.17, 15) is 21.6 Å². The van der Waals surface area contributed by atoms with Crippen molar-refractivity contribution in [3.05, 3.63) is 15.6 Å². The van der Waals surface area contributed by atoms with Crippen LogP contribution in [0.15, 0.2) is 0 Å². The first-order chi connectivity index (χ1) is 9.43. The lowest BCUT2D eigenvalue weighted by molar-refractivity contribution is -0.141. The number of hydrogen-bond acceptors (Lipinski definition) is 5. The third-order valence-electron chi connectivity index (χ3n) is 2.81. The van der Waals surface area contributed by atoms with Crippen LogP contribution in [0.3, 0.4) is 0 Å². The van der Waals surface area contributed by atoms with Gasteiger partial charge in [0.1, 0.15) is 10.3 Å². The quantitative estimate of drug-likeness (QED) is 0.862. The molecule has 4 nitrogen and oxygen atoms in total. The van der Waals surface area contributed by atoms with Crippen molar-refractivity contribution in [3.63, 3.8) is 0 Å². The van der Waals surface area contributed by atoms with Gasteiger partial charge in [-0.05, 0) is 19.4 Å². The number of nitrogens with zero attached hydrogens (tertiary/aromatic N) is 1. The summed E-state index contributed by atoms with van der Waals surface area (Å²) in [5, 5.41) is 1.86. The third-order valence-corrected chi connectivity index (χ3v) is 5.71. The van der Waals surface area contributed by atoms with E-state index >= 15 is 0 Å². The van der Waals surface area contributed by atoms with Gasteiger partial charge in [-0.25, -0.2) is 13.4 Å². The molecule has 0 aromatic carbocycles. The van der Waals surface area contributed by atoms with Crippen LogP contribution < -0.4 is 5.32 Å². The van der Waals surface area contributed by atoms with E-state index < -0.39 is 27.0 Å². The highest BCUT2D eigenvalue weighted by molar-refractivity contribution is 7.91. The summed E-state index contributed by atoms with van der Waals surface area (Å²) in [6, 6.07) is 0. The van der Waals surface area contributed by atoms with Crippen molar-refractivity contribution in [1.29, 1.82) is 0 Å². The van der Waals surface area contributed by atoms with E-state index in [0.717, 1.165) is 17.6 Å². The number of halogens is 3. The van der Waals surface area contributed by atoms with Crippen molar-refractivity contribution in [1.82, 2.24) is 10.3 Å². The van der Waals surface area contributed by atoms with Gasteiger partial charge in [0, 0.05) is 12.8 Å². The summed E-state index contributed by atoms with van der Waals surface area (Å²) in [5.41, 5.74) is -0.991. The fourth-order valence-electron chi connectivity index (χ4n) is 1.54. The predicted octanol–water partition coefficient (Wildman–Crippen LogP) is 3.01. The van der Waals surface area contributed by atoms with E-state index in [0.29, 0.717) is 12.5 Å². The molecule has 0 amide bonds. The zero-order chi connectivity index (χ0) is 16.4.